The van der Waals surface area contributed by atoms with Gasteiger partial charge in [0.2, 0.25) is 0 Å². The van der Waals surface area contributed by atoms with E-state index in [2.05, 4.69) is 0 Å². The van der Waals surface area contributed by atoms with Gasteiger partial charge in [0.15, 0.2) is 0 Å². The van der Waals surface area contributed by atoms with Gasteiger partial charge in [-0.3, -0.25) is 4.79 Å². The number of ether oxygens (including phenoxy) is 1. The van der Waals surface area contributed by atoms with Gasteiger partial charge in [0.1, 0.15) is 5.60 Å². The Morgan fingerprint density at radius 3 is 2.37 bits per heavy atom. The first-order valence-corrected chi connectivity index (χ1v) is 6.92. The van der Waals surface area contributed by atoms with Gasteiger partial charge in [-0.1, -0.05) is 0 Å². The van der Waals surface area contributed by atoms with Gasteiger partial charge < -0.3 is 14.7 Å². The Kier molecular flexibility index (Phi) is 3.49. The van der Waals surface area contributed by atoms with Crippen molar-refractivity contribution in [2.45, 2.75) is 52.1 Å². The number of hydrogen-bond acceptors (Lipinski definition) is 3. The zero-order valence-electron chi connectivity index (χ0n) is 11.9. The summed E-state index contributed by atoms with van der Waals surface area (Å²) in [5.41, 5.74) is -0.269. The van der Waals surface area contributed by atoms with Gasteiger partial charge in [-0.25, -0.2) is 4.79 Å². The topological polar surface area (TPSA) is 66.8 Å². The fourth-order valence-electron chi connectivity index (χ4n) is 3.00. The number of carbonyl (C=O) groups is 2. The van der Waals surface area contributed by atoms with E-state index in [0.717, 1.165) is 19.3 Å². The molecule has 1 amide bonds. The second-order valence-corrected chi connectivity index (χ2v) is 6.83. The van der Waals surface area contributed by atoms with Crippen molar-refractivity contribution in [3.05, 3.63) is 0 Å². The minimum Gasteiger partial charge on any atom is -0.481 e. The number of amides is 1. The summed E-state index contributed by atoms with van der Waals surface area (Å²) in [4.78, 5) is 24.4. The highest BCUT2D eigenvalue weighted by Gasteiger charge is 2.55. The van der Waals surface area contributed by atoms with Crippen molar-refractivity contribution in [2.24, 2.45) is 11.3 Å². The van der Waals surface area contributed by atoms with E-state index in [1.54, 1.807) is 4.90 Å². The van der Waals surface area contributed by atoms with Crippen molar-refractivity contribution in [1.82, 2.24) is 4.90 Å². The number of nitrogens with zero attached hydrogens (tertiary/aromatic N) is 1. The van der Waals surface area contributed by atoms with E-state index in [4.69, 9.17) is 9.84 Å². The number of carboxylic acids is 1. The first-order valence-electron chi connectivity index (χ1n) is 6.92. The number of carboxylic acid groups (broad SMARTS) is 1. The average molecular weight is 269 g/mol. The van der Waals surface area contributed by atoms with Crippen molar-refractivity contribution >= 4 is 12.1 Å². The maximum atomic E-state index is 11.9. The highest BCUT2D eigenvalue weighted by Crippen LogP contribution is 2.60. The Morgan fingerprint density at radius 2 is 1.89 bits per heavy atom. The number of aliphatic carboxylic acids is 1. The lowest BCUT2D eigenvalue weighted by Crippen LogP contribution is -2.42. The predicted octanol–water partition coefficient (Wildman–Crippen LogP) is 2.50. The fraction of sp³-hybridized carbons (Fsp3) is 0.857. The largest absolute Gasteiger partial charge is 0.481 e. The molecule has 1 atom stereocenters. The van der Waals surface area contributed by atoms with Crippen LogP contribution in [0.3, 0.4) is 0 Å². The van der Waals surface area contributed by atoms with Gasteiger partial charge in [0, 0.05) is 19.5 Å². The smallest absolute Gasteiger partial charge is 0.410 e. The summed E-state index contributed by atoms with van der Waals surface area (Å²) in [5.74, 6) is -0.401. The molecule has 0 aromatic rings. The van der Waals surface area contributed by atoms with Crippen LogP contribution in [0.2, 0.25) is 0 Å². The van der Waals surface area contributed by atoms with Crippen molar-refractivity contribution < 1.29 is 19.4 Å². The van der Waals surface area contributed by atoms with Crippen LogP contribution < -0.4 is 0 Å². The van der Waals surface area contributed by atoms with Crippen LogP contribution in [-0.4, -0.2) is 40.8 Å². The molecule has 1 spiro atoms. The third-order valence-corrected chi connectivity index (χ3v) is 4.19. The molecule has 108 valence electrons. The third-order valence-electron chi connectivity index (χ3n) is 4.19. The maximum Gasteiger partial charge on any atom is 0.410 e. The first kappa shape index (κ1) is 14.2. The highest BCUT2D eigenvalue weighted by molar-refractivity contribution is 5.69. The maximum absolute atomic E-state index is 11.9. The molecular weight excluding hydrogens is 246 g/mol. The van der Waals surface area contributed by atoms with Crippen LogP contribution in [0, 0.1) is 11.3 Å². The molecule has 19 heavy (non-hydrogen) atoms. The van der Waals surface area contributed by atoms with Crippen LogP contribution in [0.15, 0.2) is 0 Å². The Hall–Kier alpha value is -1.26. The zero-order valence-corrected chi connectivity index (χ0v) is 11.9. The van der Waals surface area contributed by atoms with Crippen LogP contribution in [-0.2, 0) is 9.53 Å². The summed E-state index contributed by atoms with van der Waals surface area (Å²) in [6.45, 7) is 6.95. The molecule has 0 radical (unpaired) electrons. The van der Waals surface area contributed by atoms with Crippen LogP contribution in [0.1, 0.15) is 46.5 Å². The number of piperidine rings is 1. The molecule has 2 rings (SSSR count). The highest BCUT2D eigenvalue weighted by atomic mass is 16.6. The fourth-order valence-corrected chi connectivity index (χ4v) is 3.00. The van der Waals surface area contributed by atoms with Crippen LogP contribution in [0.4, 0.5) is 4.79 Å². The summed E-state index contributed by atoms with van der Waals surface area (Å²) in [7, 11) is 0. The van der Waals surface area contributed by atoms with Gasteiger partial charge in [-0.05, 0) is 51.4 Å². The first-order chi connectivity index (χ1) is 8.72. The Morgan fingerprint density at radius 1 is 1.32 bits per heavy atom. The van der Waals surface area contributed by atoms with E-state index >= 15 is 0 Å². The molecule has 5 nitrogen and oxygen atoms in total. The molecule has 0 bridgehead atoms. The summed E-state index contributed by atoms with van der Waals surface area (Å²) >= 11 is 0. The van der Waals surface area contributed by atoms with E-state index < -0.39 is 11.6 Å². The average Bonchev–Trinajstić information content (AvgIpc) is 2.88. The van der Waals surface area contributed by atoms with Crippen molar-refractivity contribution in [2.75, 3.05) is 13.1 Å². The van der Waals surface area contributed by atoms with Gasteiger partial charge in [0.25, 0.3) is 0 Å². The molecule has 1 aliphatic carbocycles. The van der Waals surface area contributed by atoms with Crippen molar-refractivity contribution in [3.8, 4) is 0 Å². The number of carbonyl (C=O) groups excluding carboxylic acids is 1. The molecule has 1 saturated heterocycles. The van der Waals surface area contributed by atoms with Crippen LogP contribution in [0.5, 0.6) is 0 Å². The molecule has 1 saturated carbocycles. The van der Waals surface area contributed by atoms with Crippen LogP contribution in [0.25, 0.3) is 0 Å². The van der Waals surface area contributed by atoms with Gasteiger partial charge in [0.05, 0.1) is 0 Å². The third kappa shape index (κ3) is 3.39. The van der Waals surface area contributed by atoms with Crippen LogP contribution >= 0.6 is 0 Å². The number of likely N-dealkylation sites (tertiary alicyclic amines) is 1. The molecule has 1 unspecified atom stereocenters. The number of rotatable bonds is 2. The van der Waals surface area contributed by atoms with E-state index in [9.17, 15) is 9.59 Å². The second-order valence-electron chi connectivity index (χ2n) is 6.83. The normalized spacial score (nSPS) is 25.2. The monoisotopic (exact) mass is 269 g/mol. The van der Waals surface area contributed by atoms with Crippen molar-refractivity contribution in [3.63, 3.8) is 0 Å². The van der Waals surface area contributed by atoms with Gasteiger partial charge in [-0.2, -0.15) is 0 Å². The Bertz CT molecular complexity index is 377. The quantitative estimate of drug-likeness (QED) is 0.836. The minimum atomic E-state index is -0.712. The molecule has 2 fully saturated rings. The van der Waals surface area contributed by atoms with E-state index in [1.807, 2.05) is 20.8 Å². The molecule has 1 heterocycles. The van der Waals surface area contributed by atoms with E-state index in [-0.39, 0.29) is 17.9 Å². The molecule has 0 aromatic carbocycles. The number of hydrogen-bond donors (Lipinski definition) is 1. The van der Waals surface area contributed by atoms with Gasteiger partial charge in [-0.15, -0.1) is 0 Å². The molecule has 0 aromatic heterocycles. The predicted molar refractivity (Wildman–Crippen MR) is 69.8 cm³/mol. The lowest BCUT2D eigenvalue weighted by molar-refractivity contribution is -0.137. The van der Waals surface area contributed by atoms with Gasteiger partial charge >= 0.3 is 12.1 Å². The Labute approximate surface area is 113 Å². The Balaban J connectivity index is 1.81. The summed E-state index contributed by atoms with van der Waals surface area (Å²) in [5, 5.41) is 8.82. The minimum absolute atomic E-state index is 0.191. The lowest BCUT2D eigenvalue weighted by Gasteiger charge is -2.34. The lowest BCUT2D eigenvalue weighted by atomic mass is 9.90. The summed E-state index contributed by atoms with van der Waals surface area (Å²) in [6, 6.07) is 0. The van der Waals surface area contributed by atoms with E-state index in [0.29, 0.717) is 19.0 Å². The molecule has 1 N–H and O–H groups in total. The molecule has 1 aliphatic heterocycles. The molecular formula is C14H23NO4. The molecule has 5 heteroatoms. The standard InChI is InChI=1S/C14H23NO4/c1-13(2,3)19-12(18)15-6-4-14(5-7-15)9-10(14)8-11(16)17/h10H,4-9H2,1-3H3,(H,16,17). The zero-order chi connectivity index (χ0) is 14.3. The molecule has 2 aliphatic rings. The summed E-state index contributed by atoms with van der Waals surface area (Å²) in [6.07, 6.45) is 2.83. The van der Waals surface area contributed by atoms with Crippen molar-refractivity contribution in [1.29, 1.82) is 0 Å². The summed E-state index contributed by atoms with van der Waals surface area (Å²) < 4.78 is 5.35. The SMILES string of the molecule is CC(C)(C)OC(=O)N1CCC2(CC1)CC2CC(=O)O. The second kappa shape index (κ2) is 4.69. The van der Waals surface area contributed by atoms with E-state index in [1.165, 1.54) is 0 Å².